The van der Waals surface area contributed by atoms with Crippen LogP contribution in [0.4, 0.5) is 10.5 Å². The Kier molecular flexibility index (Phi) is 5.52. The summed E-state index contributed by atoms with van der Waals surface area (Å²) in [7, 11) is 0. The van der Waals surface area contributed by atoms with E-state index in [1.807, 2.05) is 6.92 Å². The summed E-state index contributed by atoms with van der Waals surface area (Å²) in [6.07, 6.45) is 1.87. The van der Waals surface area contributed by atoms with Gasteiger partial charge in [0.15, 0.2) is 0 Å². The Morgan fingerprint density at radius 2 is 2.00 bits per heavy atom. The number of aryl methyl sites for hydroxylation is 1. The number of aromatic nitrogens is 1. The van der Waals surface area contributed by atoms with E-state index in [-0.39, 0.29) is 12.0 Å². The number of carbonyl (C=O) groups excluding carboxylic acids is 1. The van der Waals surface area contributed by atoms with E-state index in [2.05, 4.69) is 10.6 Å². The first-order chi connectivity index (χ1) is 9.73. The molecule has 0 fully saturated rings. The topological polar surface area (TPSA) is 100 Å². The quantitative estimate of drug-likeness (QED) is 0.742. The van der Waals surface area contributed by atoms with E-state index in [9.17, 15) is 14.4 Å². The van der Waals surface area contributed by atoms with Gasteiger partial charge in [0, 0.05) is 30.8 Å². The number of carboxylic acid groups (broad SMARTS) is 1. The monoisotopic (exact) mass is 295 g/mol. The molecule has 21 heavy (non-hydrogen) atoms. The van der Waals surface area contributed by atoms with Gasteiger partial charge in [-0.25, -0.2) is 4.79 Å². The second-order valence-electron chi connectivity index (χ2n) is 5.40. The Morgan fingerprint density at radius 1 is 1.33 bits per heavy atom. The fourth-order valence-corrected chi connectivity index (χ4v) is 1.80. The van der Waals surface area contributed by atoms with Gasteiger partial charge >= 0.3 is 12.0 Å². The van der Waals surface area contributed by atoms with Gasteiger partial charge in [-0.15, -0.1) is 0 Å². The number of anilines is 1. The molecule has 3 N–H and O–H groups in total. The first-order valence-corrected chi connectivity index (χ1v) is 6.75. The summed E-state index contributed by atoms with van der Waals surface area (Å²) in [4.78, 5) is 33.9. The van der Waals surface area contributed by atoms with Crippen molar-refractivity contribution in [1.82, 2.24) is 9.88 Å². The summed E-state index contributed by atoms with van der Waals surface area (Å²) in [6, 6.07) is 2.47. The molecule has 1 aromatic heterocycles. The molecule has 2 amide bonds. The number of urea groups is 1. The van der Waals surface area contributed by atoms with Gasteiger partial charge in [0.05, 0.1) is 5.69 Å². The lowest BCUT2D eigenvalue weighted by Crippen LogP contribution is -2.45. The van der Waals surface area contributed by atoms with Crippen LogP contribution in [0.2, 0.25) is 0 Å². The predicted molar refractivity (Wildman–Crippen MR) is 79.5 cm³/mol. The minimum atomic E-state index is -0.902. The molecular weight excluding hydrogens is 274 g/mol. The number of aliphatic carboxylic acids is 1. The Balaban J connectivity index is 2.65. The Morgan fingerprint density at radius 3 is 2.57 bits per heavy atom. The second-order valence-corrected chi connectivity index (χ2v) is 5.40. The van der Waals surface area contributed by atoms with Gasteiger partial charge in [-0.2, -0.15) is 0 Å². The third-order valence-electron chi connectivity index (χ3n) is 3.00. The summed E-state index contributed by atoms with van der Waals surface area (Å²) in [6.45, 7) is 5.85. The van der Waals surface area contributed by atoms with Crippen LogP contribution in [0.5, 0.6) is 0 Å². The summed E-state index contributed by atoms with van der Waals surface area (Å²) in [5.74, 6) is -0.902. The molecule has 0 unspecified atom stereocenters. The van der Waals surface area contributed by atoms with Crippen LogP contribution in [-0.2, 0) is 11.3 Å². The number of rotatable bonds is 6. The number of nitrogens with zero attached hydrogens (tertiary/aromatic N) is 1. The van der Waals surface area contributed by atoms with Crippen molar-refractivity contribution >= 4 is 17.7 Å². The molecule has 1 heterocycles. The average Bonchev–Trinajstić information content (AvgIpc) is 2.38. The smallest absolute Gasteiger partial charge is 0.319 e. The Bertz CT molecular complexity index is 578. The van der Waals surface area contributed by atoms with Gasteiger partial charge < -0.3 is 20.3 Å². The van der Waals surface area contributed by atoms with Crippen molar-refractivity contribution < 1.29 is 14.7 Å². The van der Waals surface area contributed by atoms with Gasteiger partial charge in [0.2, 0.25) is 0 Å². The molecule has 0 aliphatic rings. The normalized spacial score (nSPS) is 11.0. The van der Waals surface area contributed by atoms with E-state index >= 15 is 0 Å². The van der Waals surface area contributed by atoms with Crippen LogP contribution in [0.15, 0.2) is 23.1 Å². The average molecular weight is 295 g/mol. The van der Waals surface area contributed by atoms with Gasteiger partial charge in [-0.3, -0.25) is 9.59 Å². The van der Waals surface area contributed by atoms with Crippen molar-refractivity contribution in [3.63, 3.8) is 0 Å². The van der Waals surface area contributed by atoms with Gasteiger partial charge in [0.25, 0.3) is 5.56 Å². The predicted octanol–water partition coefficient (Wildman–Crippen LogP) is 1.63. The standard InChI is InChI=1S/C14H21N3O4/c1-4-17-9-10(5-6-11(17)18)15-13(21)16-14(2,3)8-7-12(19)20/h5-6,9H,4,7-8H2,1-3H3,(H,19,20)(H2,15,16,21). The number of amides is 2. The molecule has 0 aliphatic heterocycles. The molecule has 116 valence electrons. The van der Waals surface area contributed by atoms with Crippen molar-refractivity contribution in [2.45, 2.75) is 45.7 Å². The lowest BCUT2D eigenvalue weighted by atomic mass is 9.99. The fraction of sp³-hybridized carbons (Fsp3) is 0.500. The summed E-state index contributed by atoms with van der Waals surface area (Å²) in [5, 5.41) is 14.0. The van der Waals surface area contributed by atoms with Crippen molar-refractivity contribution in [2.75, 3.05) is 5.32 Å². The number of hydrogen-bond acceptors (Lipinski definition) is 3. The highest BCUT2D eigenvalue weighted by molar-refractivity contribution is 5.89. The Labute approximate surface area is 123 Å². The highest BCUT2D eigenvalue weighted by Crippen LogP contribution is 2.12. The molecular formula is C14H21N3O4. The van der Waals surface area contributed by atoms with Gasteiger partial charge in [0.1, 0.15) is 0 Å². The zero-order chi connectivity index (χ0) is 16.0. The minimum absolute atomic E-state index is 0.0198. The molecule has 1 rings (SSSR count). The highest BCUT2D eigenvalue weighted by atomic mass is 16.4. The molecule has 7 nitrogen and oxygen atoms in total. The van der Waals surface area contributed by atoms with Gasteiger partial charge in [-0.05, 0) is 33.3 Å². The zero-order valence-corrected chi connectivity index (χ0v) is 12.5. The third kappa shape index (κ3) is 5.68. The molecule has 0 saturated carbocycles. The number of hydrogen-bond donors (Lipinski definition) is 3. The van der Waals surface area contributed by atoms with Crippen LogP contribution in [0.1, 0.15) is 33.6 Å². The van der Waals surface area contributed by atoms with Crippen LogP contribution >= 0.6 is 0 Å². The SMILES string of the molecule is CCn1cc(NC(=O)NC(C)(C)CCC(=O)O)ccc1=O. The van der Waals surface area contributed by atoms with Crippen molar-refractivity contribution in [2.24, 2.45) is 0 Å². The van der Waals surface area contributed by atoms with Crippen molar-refractivity contribution in [3.05, 3.63) is 28.7 Å². The van der Waals surface area contributed by atoms with E-state index in [0.717, 1.165) is 0 Å². The van der Waals surface area contributed by atoms with E-state index in [4.69, 9.17) is 5.11 Å². The number of pyridine rings is 1. The van der Waals surface area contributed by atoms with E-state index in [0.29, 0.717) is 18.7 Å². The zero-order valence-electron chi connectivity index (χ0n) is 12.5. The molecule has 0 bridgehead atoms. The van der Waals surface area contributed by atoms with Crippen LogP contribution < -0.4 is 16.2 Å². The maximum Gasteiger partial charge on any atom is 0.319 e. The first-order valence-electron chi connectivity index (χ1n) is 6.75. The van der Waals surface area contributed by atoms with E-state index in [1.54, 1.807) is 20.0 Å². The third-order valence-corrected chi connectivity index (χ3v) is 3.00. The molecule has 7 heteroatoms. The highest BCUT2D eigenvalue weighted by Gasteiger charge is 2.21. The van der Waals surface area contributed by atoms with Crippen molar-refractivity contribution in [1.29, 1.82) is 0 Å². The van der Waals surface area contributed by atoms with E-state index < -0.39 is 17.5 Å². The number of carbonyl (C=O) groups is 2. The molecule has 0 atom stereocenters. The molecule has 1 aromatic rings. The number of nitrogens with one attached hydrogen (secondary N) is 2. The molecule has 0 radical (unpaired) electrons. The second kappa shape index (κ2) is 6.92. The van der Waals surface area contributed by atoms with Crippen LogP contribution in [-0.4, -0.2) is 27.2 Å². The largest absolute Gasteiger partial charge is 0.481 e. The van der Waals surface area contributed by atoms with Gasteiger partial charge in [-0.1, -0.05) is 0 Å². The van der Waals surface area contributed by atoms with Crippen LogP contribution in [0, 0.1) is 0 Å². The first kappa shape index (κ1) is 16.7. The molecule has 0 aliphatic carbocycles. The number of carboxylic acids is 1. The summed E-state index contributed by atoms with van der Waals surface area (Å²) < 4.78 is 1.48. The fourth-order valence-electron chi connectivity index (χ4n) is 1.80. The molecule has 0 saturated heterocycles. The lowest BCUT2D eigenvalue weighted by Gasteiger charge is -2.25. The molecule has 0 aromatic carbocycles. The van der Waals surface area contributed by atoms with Crippen LogP contribution in [0.25, 0.3) is 0 Å². The minimum Gasteiger partial charge on any atom is -0.481 e. The lowest BCUT2D eigenvalue weighted by molar-refractivity contribution is -0.137. The summed E-state index contributed by atoms with van der Waals surface area (Å²) >= 11 is 0. The Hall–Kier alpha value is -2.31. The summed E-state index contributed by atoms with van der Waals surface area (Å²) in [5.41, 5.74) is -0.268. The molecule has 0 spiro atoms. The maximum atomic E-state index is 11.9. The van der Waals surface area contributed by atoms with Crippen LogP contribution in [0.3, 0.4) is 0 Å². The maximum absolute atomic E-state index is 11.9. The van der Waals surface area contributed by atoms with Crippen molar-refractivity contribution in [3.8, 4) is 0 Å². The van der Waals surface area contributed by atoms with E-state index in [1.165, 1.54) is 16.7 Å².